The monoisotopic (exact) mass is 566 g/mol. The Labute approximate surface area is 245 Å². The molecule has 0 spiro atoms. The highest BCUT2D eigenvalue weighted by molar-refractivity contribution is 6.03. The van der Waals surface area contributed by atoms with Crippen molar-refractivity contribution in [1.82, 2.24) is 24.2 Å². The normalized spacial score (nSPS) is 17.8. The number of carbonyl (C=O) groups excluding carboxylic acids is 1. The molecule has 9 heteroatoms. The van der Waals surface area contributed by atoms with Gasteiger partial charge in [0.05, 0.1) is 16.8 Å². The Morgan fingerprint density at radius 2 is 1.60 bits per heavy atom. The van der Waals surface area contributed by atoms with Crippen LogP contribution in [0.15, 0.2) is 59.5 Å². The lowest BCUT2D eigenvalue weighted by atomic mass is 10.0. The summed E-state index contributed by atoms with van der Waals surface area (Å²) in [5.41, 5.74) is 2.35. The van der Waals surface area contributed by atoms with Gasteiger partial charge >= 0.3 is 0 Å². The Hall–Kier alpha value is -3.92. The zero-order valence-corrected chi connectivity index (χ0v) is 24.4. The van der Waals surface area contributed by atoms with Gasteiger partial charge in [0.25, 0.3) is 5.91 Å². The summed E-state index contributed by atoms with van der Waals surface area (Å²) in [6.45, 7) is 9.08. The minimum absolute atomic E-state index is 0.201. The van der Waals surface area contributed by atoms with Crippen LogP contribution in [-0.2, 0) is 0 Å². The maximum absolute atomic E-state index is 13.9. The number of nitrogens with zero attached hydrogens (tertiary/aromatic N) is 5. The molecule has 7 rings (SSSR count). The molecule has 9 nitrogen and oxygen atoms in total. The minimum atomic E-state index is -0.250. The van der Waals surface area contributed by atoms with E-state index in [0.29, 0.717) is 35.5 Å². The Bertz CT molecular complexity index is 1720. The molecule has 0 unspecified atom stereocenters. The van der Waals surface area contributed by atoms with Crippen LogP contribution in [0.25, 0.3) is 27.4 Å². The molecule has 0 bridgehead atoms. The van der Waals surface area contributed by atoms with Crippen molar-refractivity contribution in [3.05, 3.63) is 70.5 Å². The van der Waals surface area contributed by atoms with Gasteiger partial charge in [-0.2, -0.15) is 0 Å². The Kier molecular flexibility index (Phi) is 7.09. The van der Waals surface area contributed by atoms with E-state index in [0.717, 1.165) is 80.9 Å². The van der Waals surface area contributed by atoms with Crippen molar-refractivity contribution in [3.63, 3.8) is 0 Å². The van der Waals surface area contributed by atoms with Gasteiger partial charge in [-0.05, 0) is 50.6 Å². The van der Waals surface area contributed by atoms with Crippen molar-refractivity contribution >= 4 is 33.3 Å². The number of likely N-dealkylation sites (N-methyl/N-ethyl adjacent to an activating group) is 2. The lowest BCUT2D eigenvalue weighted by Crippen LogP contribution is -2.48. The van der Waals surface area contributed by atoms with Crippen LogP contribution in [0, 0.1) is 0 Å². The van der Waals surface area contributed by atoms with Crippen LogP contribution < -0.4 is 15.5 Å². The number of hydrogen-bond acceptors (Lipinski definition) is 7. The summed E-state index contributed by atoms with van der Waals surface area (Å²) >= 11 is 0. The van der Waals surface area contributed by atoms with Crippen LogP contribution in [-0.4, -0.2) is 110 Å². The standard InChI is InChI=1S/C33H38N6O3/c1-35-14-18-37(19-15-35)13-5-12-34-27-10-9-25-30-32(27)42-28-11-8-23-6-3-4-7-24(23)29(28)39(30)22-26(31(25)40)33(41)38-20-16-36(2)17-21-38/h3-4,6-11,22,34H,5,12-21H2,1-2H3. The second kappa shape index (κ2) is 11.1. The average molecular weight is 567 g/mol. The molecule has 1 amide bonds. The van der Waals surface area contributed by atoms with Gasteiger partial charge in [-0.15, -0.1) is 0 Å². The summed E-state index contributed by atoms with van der Waals surface area (Å²) in [6, 6.07) is 16.0. The van der Waals surface area contributed by atoms with Crippen LogP contribution in [0.2, 0.25) is 0 Å². The second-order valence-corrected chi connectivity index (χ2v) is 11.8. The van der Waals surface area contributed by atoms with Crippen molar-refractivity contribution < 1.29 is 9.53 Å². The van der Waals surface area contributed by atoms with Gasteiger partial charge in [-0.3, -0.25) is 9.59 Å². The topological polar surface area (TPSA) is 73.3 Å². The molecule has 3 aliphatic rings. The van der Waals surface area contributed by atoms with Crippen molar-refractivity contribution in [2.45, 2.75) is 6.42 Å². The maximum atomic E-state index is 13.9. The summed E-state index contributed by atoms with van der Waals surface area (Å²) in [5, 5.41) is 6.16. The molecule has 2 fully saturated rings. The molecule has 0 atom stereocenters. The van der Waals surface area contributed by atoms with Gasteiger partial charge < -0.3 is 34.2 Å². The minimum Gasteiger partial charge on any atom is -0.451 e. The summed E-state index contributed by atoms with van der Waals surface area (Å²) in [7, 11) is 4.23. The molecule has 218 valence electrons. The average Bonchev–Trinajstić information content (AvgIpc) is 3.01. The van der Waals surface area contributed by atoms with E-state index >= 15 is 0 Å². The van der Waals surface area contributed by atoms with E-state index in [2.05, 4.69) is 52.3 Å². The van der Waals surface area contributed by atoms with Gasteiger partial charge in [0.2, 0.25) is 5.43 Å². The highest BCUT2D eigenvalue weighted by Crippen LogP contribution is 2.46. The molecule has 2 saturated heterocycles. The van der Waals surface area contributed by atoms with Gasteiger partial charge in [-0.25, -0.2) is 0 Å². The van der Waals surface area contributed by atoms with Gasteiger partial charge in [0.15, 0.2) is 11.5 Å². The van der Waals surface area contributed by atoms with Crippen LogP contribution >= 0.6 is 0 Å². The molecule has 3 aromatic carbocycles. The molecule has 1 N–H and O–H groups in total. The molecule has 4 aromatic rings. The third-order valence-corrected chi connectivity index (χ3v) is 9.02. The van der Waals surface area contributed by atoms with Gasteiger partial charge in [0, 0.05) is 70.5 Å². The first-order valence-electron chi connectivity index (χ1n) is 15.0. The van der Waals surface area contributed by atoms with Gasteiger partial charge in [-0.1, -0.05) is 30.3 Å². The van der Waals surface area contributed by atoms with Crippen LogP contribution in [0.1, 0.15) is 16.8 Å². The van der Waals surface area contributed by atoms with Gasteiger partial charge in [0.1, 0.15) is 11.1 Å². The summed E-state index contributed by atoms with van der Waals surface area (Å²) in [4.78, 5) is 36.6. The molecule has 3 aliphatic heterocycles. The number of carbonyl (C=O) groups is 1. The Balaban J connectivity index is 1.28. The van der Waals surface area contributed by atoms with Crippen LogP contribution in [0.4, 0.5) is 5.69 Å². The molecule has 42 heavy (non-hydrogen) atoms. The third kappa shape index (κ3) is 4.81. The van der Waals surface area contributed by atoms with E-state index in [1.54, 1.807) is 11.1 Å². The molecule has 0 aliphatic carbocycles. The first kappa shape index (κ1) is 26.9. The van der Waals surface area contributed by atoms with E-state index in [1.807, 2.05) is 34.9 Å². The van der Waals surface area contributed by atoms with Crippen molar-refractivity contribution in [2.24, 2.45) is 0 Å². The fourth-order valence-corrected chi connectivity index (χ4v) is 6.42. The van der Waals surface area contributed by atoms with Crippen molar-refractivity contribution in [3.8, 4) is 17.2 Å². The maximum Gasteiger partial charge on any atom is 0.259 e. The van der Waals surface area contributed by atoms with Crippen molar-refractivity contribution in [1.29, 1.82) is 0 Å². The number of anilines is 1. The first-order valence-corrected chi connectivity index (χ1v) is 15.0. The molecule has 1 aromatic heterocycles. The molecular weight excluding hydrogens is 528 g/mol. The number of ether oxygens (including phenoxy) is 1. The third-order valence-electron chi connectivity index (χ3n) is 9.02. The largest absolute Gasteiger partial charge is 0.451 e. The molecule has 0 radical (unpaired) electrons. The van der Waals surface area contributed by atoms with Crippen LogP contribution in [0.5, 0.6) is 11.5 Å². The fraction of sp³-hybridized carbons (Fsp3) is 0.394. The first-order chi connectivity index (χ1) is 20.5. The highest BCUT2D eigenvalue weighted by Gasteiger charge is 2.29. The Morgan fingerprint density at radius 1 is 0.857 bits per heavy atom. The lowest BCUT2D eigenvalue weighted by molar-refractivity contribution is 0.0662. The number of fused-ring (bicyclic) bond motifs is 4. The predicted octanol–water partition coefficient (Wildman–Crippen LogP) is 3.69. The number of aromatic nitrogens is 1. The van der Waals surface area contributed by atoms with Crippen molar-refractivity contribution in [2.75, 3.05) is 84.9 Å². The molecular formula is C33H38N6O3. The Morgan fingerprint density at radius 3 is 2.38 bits per heavy atom. The SMILES string of the molecule is CN1CCN(CCCNc2ccc3c(=O)c(C(=O)N4CCN(C)CC4)cn4c3c2Oc2ccc3ccccc3c2-4)CC1. The van der Waals surface area contributed by atoms with Crippen LogP contribution in [0.3, 0.4) is 0 Å². The number of benzene rings is 3. The quantitative estimate of drug-likeness (QED) is 0.315. The van der Waals surface area contributed by atoms with E-state index < -0.39 is 0 Å². The number of hydrogen-bond donors (Lipinski definition) is 1. The number of amides is 1. The fourth-order valence-electron chi connectivity index (χ4n) is 6.42. The summed E-state index contributed by atoms with van der Waals surface area (Å²) in [6.07, 6.45) is 2.76. The number of rotatable bonds is 6. The predicted molar refractivity (Wildman–Crippen MR) is 168 cm³/mol. The smallest absolute Gasteiger partial charge is 0.259 e. The van der Waals surface area contributed by atoms with E-state index in [-0.39, 0.29) is 16.9 Å². The summed E-state index contributed by atoms with van der Waals surface area (Å²) in [5.74, 6) is 1.13. The molecule has 0 saturated carbocycles. The highest BCUT2D eigenvalue weighted by atomic mass is 16.5. The lowest BCUT2D eigenvalue weighted by Gasteiger charge is -2.33. The number of piperazine rings is 2. The van der Waals surface area contributed by atoms with E-state index in [4.69, 9.17) is 4.74 Å². The zero-order chi connectivity index (χ0) is 28.8. The summed E-state index contributed by atoms with van der Waals surface area (Å²) < 4.78 is 8.61. The number of pyridine rings is 1. The van der Waals surface area contributed by atoms with E-state index in [9.17, 15) is 9.59 Å². The van der Waals surface area contributed by atoms with E-state index in [1.165, 1.54) is 0 Å². The number of nitrogens with one attached hydrogen (secondary N) is 1. The molecule has 4 heterocycles. The zero-order valence-electron chi connectivity index (χ0n) is 24.4. The second-order valence-electron chi connectivity index (χ2n) is 11.8.